The first kappa shape index (κ1) is 22.2. The van der Waals surface area contributed by atoms with Crippen LogP contribution in [0.3, 0.4) is 0 Å². The summed E-state index contributed by atoms with van der Waals surface area (Å²) in [6.07, 6.45) is 0.706. The lowest BCUT2D eigenvalue weighted by Crippen LogP contribution is -2.41. The van der Waals surface area contributed by atoms with Crippen LogP contribution in [0, 0.1) is 0 Å². The van der Waals surface area contributed by atoms with Crippen LogP contribution in [0.1, 0.15) is 24.1 Å². The molecule has 3 amide bonds. The lowest BCUT2D eigenvalue weighted by molar-refractivity contribution is -0.114. The van der Waals surface area contributed by atoms with Crippen LogP contribution in [0.2, 0.25) is 0 Å². The van der Waals surface area contributed by atoms with E-state index in [9.17, 15) is 9.59 Å². The topological polar surface area (TPSA) is 82.7 Å². The first-order valence-corrected chi connectivity index (χ1v) is 9.58. The number of nitrogens with zero attached hydrogens (tertiary/aromatic N) is 1. The summed E-state index contributed by atoms with van der Waals surface area (Å²) in [6.45, 7) is 2.46. The molecule has 1 unspecified atom stereocenters. The number of rotatable bonds is 9. The van der Waals surface area contributed by atoms with Gasteiger partial charge in [0.2, 0.25) is 5.91 Å². The maximum Gasteiger partial charge on any atom is 0.314 e. The summed E-state index contributed by atoms with van der Waals surface area (Å²) in [5, 5.41) is 8.55. The average Bonchev–Trinajstić information content (AvgIpc) is 2.69. The van der Waals surface area contributed by atoms with Crippen molar-refractivity contribution in [3.8, 4) is 5.75 Å². The van der Waals surface area contributed by atoms with E-state index in [0.717, 1.165) is 22.6 Å². The minimum Gasteiger partial charge on any atom is -0.496 e. The van der Waals surface area contributed by atoms with Gasteiger partial charge in [-0.15, -0.1) is 0 Å². The molecule has 2 aromatic carbocycles. The van der Waals surface area contributed by atoms with Crippen LogP contribution in [-0.2, 0) is 11.2 Å². The van der Waals surface area contributed by atoms with E-state index < -0.39 is 0 Å². The largest absolute Gasteiger partial charge is 0.496 e. The van der Waals surface area contributed by atoms with Gasteiger partial charge in [0.25, 0.3) is 0 Å². The predicted octanol–water partition coefficient (Wildman–Crippen LogP) is 2.80. The molecule has 156 valence electrons. The highest BCUT2D eigenvalue weighted by molar-refractivity contribution is 5.88. The summed E-state index contributed by atoms with van der Waals surface area (Å²) >= 11 is 0. The van der Waals surface area contributed by atoms with E-state index in [1.807, 2.05) is 62.6 Å². The Morgan fingerprint density at radius 1 is 1.03 bits per heavy atom. The van der Waals surface area contributed by atoms with Gasteiger partial charge in [-0.25, -0.2) is 4.79 Å². The van der Waals surface area contributed by atoms with Gasteiger partial charge in [-0.3, -0.25) is 4.79 Å². The quantitative estimate of drug-likeness (QED) is 0.607. The maximum atomic E-state index is 12.2. The standard InChI is InChI=1S/C22H30N4O3/c1-16(27)25-18-11-9-17(10-12-18)13-14-23-22(28)24-15-20(26(2)3)19-7-5-6-8-21(19)29-4/h5-12,20H,13-15H2,1-4H3,(H,25,27)(H2,23,24,28). The third kappa shape index (κ3) is 7.12. The fraction of sp³-hybridized carbons (Fsp3) is 0.364. The monoisotopic (exact) mass is 398 g/mol. The van der Waals surface area contributed by atoms with Crippen molar-refractivity contribution in [2.24, 2.45) is 0 Å². The van der Waals surface area contributed by atoms with Gasteiger partial charge in [0, 0.05) is 31.3 Å². The van der Waals surface area contributed by atoms with Crippen molar-refractivity contribution in [3.63, 3.8) is 0 Å². The van der Waals surface area contributed by atoms with E-state index in [0.29, 0.717) is 19.5 Å². The molecule has 1 atom stereocenters. The molecule has 2 rings (SSSR count). The van der Waals surface area contributed by atoms with E-state index in [1.165, 1.54) is 6.92 Å². The molecular formula is C22H30N4O3. The third-order valence-corrected chi connectivity index (χ3v) is 4.55. The number of benzene rings is 2. The smallest absolute Gasteiger partial charge is 0.314 e. The number of para-hydroxylation sites is 1. The van der Waals surface area contributed by atoms with Crippen molar-refractivity contribution >= 4 is 17.6 Å². The summed E-state index contributed by atoms with van der Waals surface area (Å²) in [4.78, 5) is 25.3. The zero-order valence-electron chi connectivity index (χ0n) is 17.5. The fourth-order valence-electron chi connectivity index (χ4n) is 3.04. The SMILES string of the molecule is COc1ccccc1C(CNC(=O)NCCc1ccc(NC(C)=O)cc1)N(C)C. The first-order chi connectivity index (χ1) is 13.9. The van der Waals surface area contributed by atoms with Crippen LogP contribution in [0.4, 0.5) is 10.5 Å². The Hall–Kier alpha value is -3.06. The van der Waals surface area contributed by atoms with Crippen molar-refractivity contribution < 1.29 is 14.3 Å². The van der Waals surface area contributed by atoms with Gasteiger partial charge in [0.1, 0.15) is 5.75 Å². The van der Waals surface area contributed by atoms with Crippen LogP contribution in [-0.4, -0.2) is 51.1 Å². The second-order valence-electron chi connectivity index (χ2n) is 6.99. The van der Waals surface area contributed by atoms with E-state index in [-0.39, 0.29) is 18.0 Å². The molecule has 0 saturated heterocycles. The van der Waals surface area contributed by atoms with Crippen LogP contribution >= 0.6 is 0 Å². The predicted molar refractivity (Wildman–Crippen MR) is 115 cm³/mol. The third-order valence-electron chi connectivity index (χ3n) is 4.55. The summed E-state index contributed by atoms with van der Waals surface area (Å²) in [5.41, 5.74) is 2.87. The highest BCUT2D eigenvalue weighted by Gasteiger charge is 2.18. The van der Waals surface area contributed by atoms with Gasteiger partial charge in [-0.2, -0.15) is 0 Å². The Morgan fingerprint density at radius 2 is 1.72 bits per heavy atom. The summed E-state index contributed by atoms with van der Waals surface area (Å²) in [7, 11) is 5.59. The fourth-order valence-corrected chi connectivity index (χ4v) is 3.04. The number of carbonyl (C=O) groups is 2. The van der Waals surface area contributed by atoms with Gasteiger partial charge in [0.15, 0.2) is 0 Å². The Labute approximate surface area is 172 Å². The molecule has 0 aliphatic heterocycles. The second-order valence-corrected chi connectivity index (χ2v) is 6.99. The second kappa shape index (κ2) is 11.1. The van der Waals surface area contributed by atoms with Crippen LogP contribution in [0.25, 0.3) is 0 Å². The number of likely N-dealkylation sites (N-methyl/N-ethyl adjacent to an activating group) is 1. The maximum absolute atomic E-state index is 12.2. The van der Waals surface area contributed by atoms with Crippen molar-refractivity contribution in [3.05, 3.63) is 59.7 Å². The zero-order valence-corrected chi connectivity index (χ0v) is 17.5. The van der Waals surface area contributed by atoms with Crippen LogP contribution in [0.15, 0.2) is 48.5 Å². The van der Waals surface area contributed by atoms with Crippen molar-refractivity contribution in [1.82, 2.24) is 15.5 Å². The molecule has 0 aromatic heterocycles. The zero-order chi connectivity index (χ0) is 21.2. The molecule has 0 radical (unpaired) electrons. The van der Waals surface area contributed by atoms with Gasteiger partial charge >= 0.3 is 6.03 Å². The lowest BCUT2D eigenvalue weighted by atomic mass is 10.0. The van der Waals surface area contributed by atoms with Crippen molar-refractivity contribution in [2.75, 3.05) is 39.6 Å². The summed E-state index contributed by atoms with van der Waals surface area (Å²) in [5.74, 6) is 0.705. The van der Waals surface area contributed by atoms with Crippen molar-refractivity contribution in [2.45, 2.75) is 19.4 Å². The number of nitrogens with one attached hydrogen (secondary N) is 3. The molecule has 29 heavy (non-hydrogen) atoms. The van der Waals surface area contributed by atoms with Gasteiger partial charge in [-0.1, -0.05) is 30.3 Å². The van der Waals surface area contributed by atoms with Gasteiger partial charge < -0.3 is 25.6 Å². The van der Waals surface area contributed by atoms with Crippen LogP contribution in [0.5, 0.6) is 5.75 Å². The van der Waals surface area contributed by atoms with Crippen LogP contribution < -0.4 is 20.7 Å². The molecule has 2 aromatic rings. The van der Waals surface area contributed by atoms with E-state index in [1.54, 1.807) is 7.11 Å². The number of methoxy groups -OCH3 is 1. The van der Waals surface area contributed by atoms with Crippen molar-refractivity contribution in [1.29, 1.82) is 0 Å². The molecule has 3 N–H and O–H groups in total. The number of ether oxygens (including phenoxy) is 1. The van der Waals surface area contributed by atoms with E-state index in [4.69, 9.17) is 4.74 Å². The molecule has 7 heteroatoms. The minimum absolute atomic E-state index is 0.00165. The lowest BCUT2D eigenvalue weighted by Gasteiger charge is -2.26. The molecule has 0 saturated carbocycles. The number of amides is 3. The Bertz CT molecular complexity index is 806. The summed E-state index contributed by atoms with van der Waals surface area (Å²) < 4.78 is 5.45. The molecule has 0 aliphatic carbocycles. The number of anilines is 1. The first-order valence-electron chi connectivity index (χ1n) is 9.58. The molecule has 7 nitrogen and oxygen atoms in total. The summed E-state index contributed by atoms with van der Waals surface area (Å²) in [6, 6.07) is 15.2. The molecule has 0 heterocycles. The average molecular weight is 399 g/mol. The number of carbonyl (C=O) groups excluding carboxylic acids is 2. The molecule has 0 aliphatic rings. The van der Waals surface area contributed by atoms with Gasteiger partial charge in [-0.05, 0) is 44.3 Å². The molecule has 0 bridgehead atoms. The minimum atomic E-state index is -0.207. The Balaban J connectivity index is 1.81. The van der Waals surface area contributed by atoms with Gasteiger partial charge in [0.05, 0.1) is 13.2 Å². The Morgan fingerprint density at radius 3 is 2.34 bits per heavy atom. The number of hydrogen-bond acceptors (Lipinski definition) is 4. The normalized spacial score (nSPS) is 11.6. The molecule has 0 spiro atoms. The van der Waals surface area contributed by atoms with E-state index in [2.05, 4.69) is 20.9 Å². The highest BCUT2D eigenvalue weighted by atomic mass is 16.5. The number of urea groups is 1. The molecular weight excluding hydrogens is 368 g/mol. The highest BCUT2D eigenvalue weighted by Crippen LogP contribution is 2.27. The Kier molecular flexibility index (Phi) is 8.48. The van der Waals surface area contributed by atoms with E-state index >= 15 is 0 Å². The molecule has 0 fully saturated rings. The number of hydrogen-bond donors (Lipinski definition) is 3.